The summed E-state index contributed by atoms with van der Waals surface area (Å²) in [4.78, 5) is 37.6. The Bertz CT molecular complexity index is 1020. The van der Waals surface area contributed by atoms with E-state index < -0.39 is 23.7 Å². The van der Waals surface area contributed by atoms with Crippen molar-refractivity contribution in [2.24, 2.45) is 0 Å². The number of amides is 2. The Balaban J connectivity index is 1.31. The molecule has 3 N–H and O–H groups in total. The van der Waals surface area contributed by atoms with E-state index in [0.717, 1.165) is 22.3 Å². The lowest BCUT2D eigenvalue weighted by Gasteiger charge is -2.36. The number of rotatable bonds is 6. The van der Waals surface area contributed by atoms with Crippen molar-refractivity contribution in [1.29, 1.82) is 0 Å². The summed E-state index contributed by atoms with van der Waals surface area (Å²) in [7, 11) is 0. The lowest BCUT2D eigenvalue weighted by atomic mass is 9.92. The number of nitrogens with one attached hydrogen (secondary N) is 1. The van der Waals surface area contributed by atoms with Gasteiger partial charge in [0.05, 0.1) is 6.54 Å². The van der Waals surface area contributed by atoms with Gasteiger partial charge in [-0.25, -0.2) is 9.59 Å². The van der Waals surface area contributed by atoms with E-state index in [-0.39, 0.29) is 37.8 Å². The van der Waals surface area contributed by atoms with E-state index in [1.807, 2.05) is 36.4 Å². The van der Waals surface area contributed by atoms with Gasteiger partial charge in [0.2, 0.25) is 5.91 Å². The van der Waals surface area contributed by atoms with Crippen molar-refractivity contribution in [1.82, 2.24) is 10.2 Å². The van der Waals surface area contributed by atoms with Gasteiger partial charge < -0.3 is 25.2 Å². The lowest BCUT2D eigenvalue weighted by molar-refractivity contribution is -0.166. The van der Waals surface area contributed by atoms with Crippen molar-refractivity contribution in [3.05, 3.63) is 59.7 Å². The fourth-order valence-corrected chi connectivity index (χ4v) is 4.71. The van der Waals surface area contributed by atoms with Gasteiger partial charge in [-0.05, 0) is 42.0 Å². The molecule has 2 aliphatic rings. The average molecular weight is 453 g/mol. The summed E-state index contributed by atoms with van der Waals surface area (Å²) in [5.41, 5.74) is 2.60. The molecule has 2 aromatic rings. The first kappa shape index (κ1) is 22.8. The molecule has 1 aliphatic heterocycles. The van der Waals surface area contributed by atoms with Gasteiger partial charge >= 0.3 is 12.1 Å². The highest BCUT2D eigenvalue weighted by molar-refractivity contribution is 5.82. The minimum absolute atomic E-state index is 0.0140. The molecule has 174 valence electrons. The number of carboxylic acids is 1. The normalized spacial score (nSPS) is 20.5. The molecule has 0 radical (unpaired) electrons. The summed E-state index contributed by atoms with van der Waals surface area (Å²) < 4.78 is 5.51. The van der Waals surface area contributed by atoms with Crippen LogP contribution in [0, 0.1) is 0 Å². The van der Waals surface area contributed by atoms with Crippen LogP contribution in [0.2, 0.25) is 0 Å². The summed E-state index contributed by atoms with van der Waals surface area (Å²) in [5, 5.41) is 22.1. The van der Waals surface area contributed by atoms with Crippen LogP contribution in [0.5, 0.6) is 0 Å². The van der Waals surface area contributed by atoms with Crippen molar-refractivity contribution in [2.45, 2.75) is 43.7 Å². The topological polar surface area (TPSA) is 116 Å². The number of carboxylic acid groups (broad SMARTS) is 1. The highest BCUT2D eigenvalue weighted by Gasteiger charge is 2.41. The van der Waals surface area contributed by atoms with Crippen LogP contribution >= 0.6 is 0 Å². The molecule has 1 unspecified atom stereocenters. The molecule has 8 heteroatoms. The number of hydrogen-bond donors (Lipinski definition) is 3. The minimum atomic E-state index is -1.92. The Morgan fingerprint density at radius 3 is 2.33 bits per heavy atom. The molecule has 33 heavy (non-hydrogen) atoms. The number of alkyl carbamates (subject to hydrolysis) is 1. The van der Waals surface area contributed by atoms with E-state index in [2.05, 4.69) is 17.4 Å². The van der Waals surface area contributed by atoms with E-state index in [1.165, 1.54) is 4.90 Å². The van der Waals surface area contributed by atoms with Crippen LogP contribution in [0.1, 0.15) is 43.2 Å². The Morgan fingerprint density at radius 1 is 1.12 bits per heavy atom. The predicted molar refractivity (Wildman–Crippen MR) is 121 cm³/mol. The Kier molecular flexibility index (Phi) is 6.37. The fourth-order valence-electron chi connectivity index (χ4n) is 4.71. The molecule has 0 saturated carbocycles. The van der Waals surface area contributed by atoms with Gasteiger partial charge in [0.15, 0.2) is 5.60 Å². The zero-order valence-corrected chi connectivity index (χ0v) is 18.5. The quantitative estimate of drug-likeness (QED) is 0.621. The monoisotopic (exact) mass is 452 g/mol. The van der Waals surface area contributed by atoms with Crippen LogP contribution in [-0.4, -0.2) is 64.4 Å². The number of carbonyl (C=O) groups excluding carboxylic acids is 2. The molecule has 4 rings (SSSR count). The van der Waals surface area contributed by atoms with Gasteiger partial charge in [0.25, 0.3) is 0 Å². The third kappa shape index (κ3) is 4.71. The summed E-state index contributed by atoms with van der Waals surface area (Å²) in [6.07, 6.45) is -0.111. The zero-order chi connectivity index (χ0) is 23.6. The molecule has 1 fully saturated rings. The summed E-state index contributed by atoms with van der Waals surface area (Å²) in [6, 6.07) is 15.6. The van der Waals surface area contributed by atoms with Gasteiger partial charge in [0, 0.05) is 24.9 Å². The molecule has 2 amide bonds. The van der Waals surface area contributed by atoms with Crippen molar-refractivity contribution < 1.29 is 29.3 Å². The maximum Gasteiger partial charge on any atom is 0.407 e. The van der Waals surface area contributed by atoms with Crippen LogP contribution in [0.4, 0.5) is 4.79 Å². The van der Waals surface area contributed by atoms with Crippen LogP contribution in [0.25, 0.3) is 11.1 Å². The highest BCUT2D eigenvalue weighted by Crippen LogP contribution is 2.44. The van der Waals surface area contributed by atoms with Crippen molar-refractivity contribution >= 4 is 18.0 Å². The van der Waals surface area contributed by atoms with E-state index in [0.29, 0.717) is 13.0 Å². The maximum absolute atomic E-state index is 12.6. The molecule has 0 aromatic heterocycles. The third-order valence-electron chi connectivity index (χ3n) is 6.41. The molecule has 2 aromatic carbocycles. The number of aliphatic carboxylic acids is 1. The lowest BCUT2D eigenvalue weighted by Crippen LogP contribution is -2.55. The summed E-state index contributed by atoms with van der Waals surface area (Å²) in [5.74, 6) is -1.70. The largest absolute Gasteiger partial charge is 0.479 e. The average Bonchev–Trinajstić information content (AvgIpc) is 3.11. The van der Waals surface area contributed by atoms with Crippen LogP contribution in [0.3, 0.4) is 0 Å². The van der Waals surface area contributed by atoms with Crippen LogP contribution in [-0.2, 0) is 14.3 Å². The second-order valence-electron chi connectivity index (χ2n) is 8.83. The molecule has 2 atom stereocenters. The SMILES string of the molecule is C[C@H](CC(=O)N1CCCC(O)(C(=O)O)C1)NC(=O)OCC1c2ccccc2-c2ccccc21. The molecule has 1 heterocycles. The van der Waals surface area contributed by atoms with E-state index >= 15 is 0 Å². The van der Waals surface area contributed by atoms with Crippen LogP contribution < -0.4 is 5.32 Å². The minimum Gasteiger partial charge on any atom is -0.479 e. The van der Waals surface area contributed by atoms with Gasteiger partial charge in [0.1, 0.15) is 6.61 Å². The number of piperidine rings is 1. The second-order valence-corrected chi connectivity index (χ2v) is 8.83. The Morgan fingerprint density at radius 2 is 1.73 bits per heavy atom. The van der Waals surface area contributed by atoms with E-state index in [4.69, 9.17) is 4.74 Å². The van der Waals surface area contributed by atoms with Gasteiger partial charge in [-0.3, -0.25) is 4.79 Å². The molecule has 8 nitrogen and oxygen atoms in total. The number of fused-ring (bicyclic) bond motifs is 3. The van der Waals surface area contributed by atoms with Gasteiger partial charge in [-0.2, -0.15) is 0 Å². The van der Waals surface area contributed by atoms with Crippen molar-refractivity contribution in [2.75, 3.05) is 19.7 Å². The predicted octanol–water partition coefficient (Wildman–Crippen LogP) is 2.74. The standard InChI is InChI=1S/C25H28N2O6/c1-16(13-22(28)27-12-6-11-25(32,15-27)23(29)30)26-24(31)33-14-21-19-9-4-2-7-17(19)18-8-3-5-10-20(18)21/h2-5,7-10,16,21,32H,6,11-15H2,1H3,(H,26,31)(H,29,30)/t16-,25?/m1/s1. The Labute approximate surface area is 192 Å². The second kappa shape index (κ2) is 9.23. The van der Waals surface area contributed by atoms with E-state index in [9.17, 15) is 24.6 Å². The smallest absolute Gasteiger partial charge is 0.407 e. The third-order valence-corrected chi connectivity index (χ3v) is 6.41. The molecule has 0 spiro atoms. The van der Waals surface area contributed by atoms with E-state index in [1.54, 1.807) is 6.92 Å². The Hall–Kier alpha value is -3.39. The highest BCUT2D eigenvalue weighted by atomic mass is 16.5. The molecule has 0 bridgehead atoms. The first-order valence-corrected chi connectivity index (χ1v) is 11.1. The molecule has 1 aliphatic carbocycles. The van der Waals surface area contributed by atoms with Crippen molar-refractivity contribution in [3.8, 4) is 11.1 Å². The van der Waals surface area contributed by atoms with Gasteiger partial charge in [-0.15, -0.1) is 0 Å². The number of benzene rings is 2. The van der Waals surface area contributed by atoms with Crippen LogP contribution in [0.15, 0.2) is 48.5 Å². The summed E-state index contributed by atoms with van der Waals surface area (Å²) >= 11 is 0. The number of aliphatic hydroxyl groups is 1. The number of hydrogen-bond acceptors (Lipinski definition) is 5. The number of carbonyl (C=O) groups is 3. The van der Waals surface area contributed by atoms with Gasteiger partial charge in [-0.1, -0.05) is 48.5 Å². The number of ether oxygens (including phenoxy) is 1. The molecular formula is C25H28N2O6. The number of β-amino-alcohol motifs (C(OH)–C–C–N with tert-alkyl or cyclic N) is 1. The molecular weight excluding hydrogens is 424 g/mol. The maximum atomic E-state index is 12.6. The molecule has 1 saturated heterocycles. The summed E-state index contributed by atoms with van der Waals surface area (Å²) in [6.45, 7) is 2.00. The zero-order valence-electron chi connectivity index (χ0n) is 18.5. The number of nitrogens with zero attached hydrogens (tertiary/aromatic N) is 1. The first-order valence-electron chi connectivity index (χ1n) is 11.1. The fraction of sp³-hybridized carbons (Fsp3) is 0.400. The van der Waals surface area contributed by atoms with Crippen molar-refractivity contribution in [3.63, 3.8) is 0 Å². The first-order chi connectivity index (χ1) is 15.8. The number of likely N-dealkylation sites (tertiary alicyclic amines) is 1.